The summed E-state index contributed by atoms with van der Waals surface area (Å²) in [7, 11) is 1.45. The molecule has 144 valence electrons. The van der Waals surface area contributed by atoms with E-state index in [1.807, 2.05) is 6.07 Å². The van der Waals surface area contributed by atoms with E-state index in [1.54, 1.807) is 6.07 Å². The fraction of sp³-hybridized carbons (Fsp3) is 0.409. The number of ether oxygens (including phenoxy) is 1. The Labute approximate surface area is 159 Å². The molecule has 0 spiro atoms. The molecule has 2 aromatic rings. The van der Waals surface area contributed by atoms with E-state index in [2.05, 4.69) is 36.9 Å². The summed E-state index contributed by atoms with van der Waals surface area (Å²) in [5.41, 5.74) is 4.27. The molecular formula is C22H26FNO3. The number of carbonyl (C=O) groups is 1. The summed E-state index contributed by atoms with van der Waals surface area (Å²) in [5, 5.41) is 9.28. The van der Waals surface area contributed by atoms with Crippen LogP contribution in [0.1, 0.15) is 41.1 Å². The molecule has 3 rings (SSSR count). The Kier molecular flexibility index (Phi) is 5.80. The summed E-state index contributed by atoms with van der Waals surface area (Å²) in [4.78, 5) is 13.6. The maximum atomic E-state index is 14.4. The van der Waals surface area contributed by atoms with Gasteiger partial charge in [-0.3, -0.25) is 9.69 Å². The van der Waals surface area contributed by atoms with Gasteiger partial charge in [0.2, 0.25) is 0 Å². The second-order valence-corrected chi connectivity index (χ2v) is 7.37. The molecular weight excluding hydrogens is 345 g/mol. The number of likely N-dealkylation sites (tertiary alicyclic amines) is 1. The number of nitrogens with zero attached hydrogens (tertiary/aromatic N) is 1. The van der Waals surface area contributed by atoms with Crippen LogP contribution in [0.2, 0.25) is 0 Å². The summed E-state index contributed by atoms with van der Waals surface area (Å²) in [6.07, 6.45) is 1.21. The number of benzene rings is 2. The van der Waals surface area contributed by atoms with Gasteiger partial charge in [-0.1, -0.05) is 35.4 Å². The highest BCUT2D eigenvalue weighted by Gasteiger charge is 2.30. The highest BCUT2D eigenvalue weighted by atomic mass is 19.1. The van der Waals surface area contributed by atoms with Gasteiger partial charge < -0.3 is 9.84 Å². The normalized spacial score (nSPS) is 16.9. The van der Waals surface area contributed by atoms with Crippen molar-refractivity contribution in [3.8, 4) is 5.75 Å². The fourth-order valence-electron chi connectivity index (χ4n) is 4.04. The minimum Gasteiger partial charge on any atom is -0.494 e. The van der Waals surface area contributed by atoms with E-state index in [9.17, 15) is 14.3 Å². The van der Waals surface area contributed by atoms with Crippen molar-refractivity contribution in [2.24, 2.45) is 5.92 Å². The lowest BCUT2D eigenvalue weighted by atomic mass is 9.90. The van der Waals surface area contributed by atoms with Gasteiger partial charge in [0.1, 0.15) is 0 Å². The van der Waals surface area contributed by atoms with Crippen molar-refractivity contribution in [1.82, 2.24) is 4.90 Å². The van der Waals surface area contributed by atoms with Gasteiger partial charge in [0.05, 0.1) is 19.1 Å². The van der Waals surface area contributed by atoms with Gasteiger partial charge in [-0.2, -0.15) is 0 Å². The first-order chi connectivity index (χ1) is 12.9. The van der Waals surface area contributed by atoms with E-state index < -0.39 is 5.97 Å². The predicted molar refractivity (Wildman–Crippen MR) is 103 cm³/mol. The molecule has 0 aliphatic carbocycles. The maximum absolute atomic E-state index is 14.4. The van der Waals surface area contributed by atoms with Crippen LogP contribution >= 0.6 is 0 Å². The van der Waals surface area contributed by atoms with Crippen LogP contribution in [0.15, 0.2) is 36.4 Å². The number of hydrogen-bond acceptors (Lipinski definition) is 3. The van der Waals surface area contributed by atoms with Crippen molar-refractivity contribution in [2.45, 2.75) is 32.7 Å². The van der Waals surface area contributed by atoms with Crippen molar-refractivity contribution in [1.29, 1.82) is 0 Å². The third-order valence-corrected chi connectivity index (χ3v) is 5.30. The van der Waals surface area contributed by atoms with E-state index in [-0.39, 0.29) is 23.5 Å². The maximum Gasteiger partial charge on any atom is 0.306 e. The minimum atomic E-state index is -0.729. The summed E-state index contributed by atoms with van der Waals surface area (Å²) >= 11 is 0. The summed E-state index contributed by atoms with van der Waals surface area (Å²) < 4.78 is 19.5. The molecule has 0 bridgehead atoms. The number of aliphatic carboxylic acids is 1. The Hall–Kier alpha value is -2.40. The van der Waals surface area contributed by atoms with Crippen LogP contribution in [-0.4, -0.2) is 36.2 Å². The number of piperidine rings is 1. The van der Waals surface area contributed by atoms with Crippen molar-refractivity contribution < 1.29 is 19.0 Å². The largest absolute Gasteiger partial charge is 0.494 e. The van der Waals surface area contributed by atoms with E-state index in [4.69, 9.17) is 4.74 Å². The zero-order valence-corrected chi connectivity index (χ0v) is 16.0. The van der Waals surface area contributed by atoms with Crippen LogP contribution in [0.5, 0.6) is 5.75 Å². The second kappa shape index (κ2) is 8.09. The molecule has 27 heavy (non-hydrogen) atoms. The van der Waals surface area contributed by atoms with Gasteiger partial charge in [-0.15, -0.1) is 0 Å². The van der Waals surface area contributed by atoms with Crippen LogP contribution in [0, 0.1) is 25.6 Å². The molecule has 1 unspecified atom stereocenters. The number of halogens is 1. The molecule has 1 atom stereocenters. The monoisotopic (exact) mass is 371 g/mol. The van der Waals surface area contributed by atoms with Crippen LogP contribution in [0.3, 0.4) is 0 Å². The minimum absolute atomic E-state index is 0.112. The lowest BCUT2D eigenvalue weighted by molar-refractivity contribution is -0.143. The van der Waals surface area contributed by atoms with Crippen molar-refractivity contribution in [2.75, 3.05) is 20.2 Å². The zero-order chi connectivity index (χ0) is 19.6. The molecule has 0 aromatic heterocycles. The highest BCUT2D eigenvalue weighted by Crippen LogP contribution is 2.35. The lowest BCUT2D eigenvalue weighted by Crippen LogP contribution is -2.39. The molecule has 4 nitrogen and oxygen atoms in total. The Bertz CT molecular complexity index is 808. The molecule has 1 aliphatic rings. The van der Waals surface area contributed by atoms with Crippen molar-refractivity contribution >= 4 is 5.97 Å². The molecule has 0 radical (unpaired) electrons. The Balaban J connectivity index is 1.99. The summed E-state index contributed by atoms with van der Waals surface area (Å²) in [5.74, 6) is -1.19. The molecule has 1 fully saturated rings. The van der Waals surface area contributed by atoms with Crippen LogP contribution < -0.4 is 4.74 Å². The highest BCUT2D eigenvalue weighted by molar-refractivity contribution is 5.70. The van der Waals surface area contributed by atoms with Crippen molar-refractivity contribution in [3.05, 3.63) is 64.5 Å². The molecule has 1 saturated heterocycles. The summed E-state index contributed by atoms with van der Waals surface area (Å²) in [6.45, 7) is 5.45. The van der Waals surface area contributed by atoms with Gasteiger partial charge in [-0.25, -0.2) is 4.39 Å². The van der Waals surface area contributed by atoms with Gasteiger partial charge in [-0.05, 0) is 63.0 Å². The Morgan fingerprint density at radius 3 is 2.26 bits per heavy atom. The first-order valence-electron chi connectivity index (χ1n) is 9.27. The average molecular weight is 371 g/mol. The zero-order valence-electron chi connectivity index (χ0n) is 16.0. The number of carboxylic acid groups (broad SMARTS) is 1. The molecule has 0 amide bonds. The Morgan fingerprint density at radius 2 is 1.74 bits per heavy atom. The summed E-state index contributed by atoms with van der Waals surface area (Å²) in [6, 6.07) is 11.3. The van der Waals surface area contributed by atoms with Gasteiger partial charge in [0, 0.05) is 0 Å². The number of hydrogen-bond donors (Lipinski definition) is 1. The number of rotatable bonds is 5. The molecule has 0 saturated carbocycles. The SMILES string of the molecule is COc1ccc(C(c2cc(C)cc(C)c2)N2CCC(C(=O)O)CC2)cc1F. The van der Waals surface area contributed by atoms with Crippen LogP contribution in [0.25, 0.3) is 0 Å². The number of aryl methyl sites for hydroxylation is 2. The van der Waals surface area contributed by atoms with E-state index in [1.165, 1.54) is 13.2 Å². The quantitative estimate of drug-likeness (QED) is 0.850. The van der Waals surface area contributed by atoms with Crippen molar-refractivity contribution in [3.63, 3.8) is 0 Å². The van der Waals surface area contributed by atoms with Gasteiger partial charge >= 0.3 is 5.97 Å². The predicted octanol–water partition coefficient (Wildman–Crippen LogP) is 4.34. The lowest BCUT2D eigenvalue weighted by Gasteiger charge is -2.37. The van der Waals surface area contributed by atoms with Gasteiger partial charge in [0.25, 0.3) is 0 Å². The molecule has 5 heteroatoms. The topological polar surface area (TPSA) is 49.8 Å². The van der Waals surface area contributed by atoms with E-state index in [0.717, 1.165) is 22.3 Å². The standard InChI is InChI=1S/C22H26FNO3/c1-14-10-15(2)12-18(11-14)21(17-4-5-20(27-3)19(23)13-17)24-8-6-16(7-9-24)22(25)26/h4-5,10-13,16,21H,6-9H2,1-3H3,(H,25,26). The first kappa shape index (κ1) is 19.4. The van der Waals surface area contributed by atoms with Crippen LogP contribution in [-0.2, 0) is 4.79 Å². The van der Waals surface area contributed by atoms with E-state index >= 15 is 0 Å². The van der Waals surface area contributed by atoms with Crippen LogP contribution in [0.4, 0.5) is 4.39 Å². The molecule has 1 N–H and O–H groups in total. The average Bonchev–Trinajstić information content (AvgIpc) is 2.62. The fourth-order valence-corrected chi connectivity index (χ4v) is 4.04. The second-order valence-electron chi connectivity index (χ2n) is 7.37. The number of methoxy groups -OCH3 is 1. The van der Waals surface area contributed by atoms with Gasteiger partial charge in [0.15, 0.2) is 11.6 Å². The third-order valence-electron chi connectivity index (χ3n) is 5.30. The molecule has 1 aliphatic heterocycles. The molecule has 1 heterocycles. The number of carboxylic acids is 1. The van der Waals surface area contributed by atoms with E-state index in [0.29, 0.717) is 25.9 Å². The third kappa shape index (κ3) is 4.30. The first-order valence-corrected chi connectivity index (χ1v) is 9.27. The smallest absolute Gasteiger partial charge is 0.306 e. The molecule has 2 aromatic carbocycles. The Morgan fingerprint density at radius 1 is 1.11 bits per heavy atom.